The second kappa shape index (κ2) is 8.02. The highest BCUT2D eigenvalue weighted by Gasteiger charge is 2.18. The summed E-state index contributed by atoms with van der Waals surface area (Å²) in [5.41, 5.74) is 2.42. The Bertz CT molecular complexity index is 394. The molecule has 0 fully saturated rings. The predicted octanol–water partition coefficient (Wildman–Crippen LogP) is 2.27. The molecule has 0 spiro atoms. The van der Waals surface area contributed by atoms with Crippen molar-refractivity contribution in [2.45, 2.75) is 25.8 Å². The summed E-state index contributed by atoms with van der Waals surface area (Å²) >= 11 is 0. The Morgan fingerprint density at radius 1 is 1.16 bits per heavy atom. The van der Waals surface area contributed by atoms with Crippen LogP contribution in [0.4, 0.5) is 0 Å². The van der Waals surface area contributed by atoms with Gasteiger partial charge in [-0.2, -0.15) is 0 Å². The molecule has 0 bridgehead atoms. The Labute approximate surface area is 116 Å². The molecule has 1 atom stereocenters. The molecule has 0 aliphatic heterocycles. The maximum Gasteiger partial charge on any atom is 0.127 e. The van der Waals surface area contributed by atoms with Gasteiger partial charge >= 0.3 is 0 Å². The van der Waals surface area contributed by atoms with Crippen molar-refractivity contribution >= 4 is 0 Å². The standard InChI is InChI=1S/C15H26N2O2/c1-11-9-12(18-4)10-14(19-5)15(11)13(17-3)7-6-8-16-2/h9-10,13,16-17H,6-8H2,1-5H3. The number of methoxy groups -OCH3 is 2. The molecule has 108 valence electrons. The van der Waals surface area contributed by atoms with Gasteiger partial charge in [-0.1, -0.05) is 0 Å². The fourth-order valence-electron chi connectivity index (χ4n) is 2.38. The lowest BCUT2D eigenvalue weighted by molar-refractivity contribution is 0.382. The summed E-state index contributed by atoms with van der Waals surface area (Å²) in [6, 6.07) is 4.31. The van der Waals surface area contributed by atoms with Crippen LogP contribution in [0.25, 0.3) is 0 Å². The Morgan fingerprint density at radius 2 is 1.89 bits per heavy atom. The van der Waals surface area contributed by atoms with Crippen molar-refractivity contribution < 1.29 is 9.47 Å². The maximum atomic E-state index is 5.52. The van der Waals surface area contributed by atoms with Gasteiger partial charge in [0.05, 0.1) is 14.2 Å². The first-order chi connectivity index (χ1) is 9.17. The smallest absolute Gasteiger partial charge is 0.127 e. The van der Waals surface area contributed by atoms with Crippen molar-refractivity contribution in [3.8, 4) is 11.5 Å². The van der Waals surface area contributed by atoms with Gasteiger partial charge in [-0.15, -0.1) is 0 Å². The highest BCUT2D eigenvalue weighted by atomic mass is 16.5. The number of hydrogen-bond donors (Lipinski definition) is 2. The van der Waals surface area contributed by atoms with Crippen molar-refractivity contribution in [1.82, 2.24) is 10.6 Å². The Balaban J connectivity index is 3.01. The van der Waals surface area contributed by atoms with E-state index in [2.05, 4.69) is 23.6 Å². The molecule has 2 N–H and O–H groups in total. The molecule has 0 aliphatic carbocycles. The molecule has 0 aliphatic rings. The quantitative estimate of drug-likeness (QED) is 0.708. The second-order valence-electron chi connectivity index (χ2n) is 4.65. The molecule has 0 saturated heterocycles. The first-order valence-corrected chi connectivity index (χ1v) is 6.72. The Hall–Kier alpha value is -1.26. The predicted molar refractivity (Wildman–Crippen MR) is 79.2 cm³/mol. The highest BCUT2D eigenvalue weighted by molar-refractivity contribution is 5.47. The highest BCUT2D eigenvalue weighted by Crippen LogP contribution is 2.34. The molecular formula is C15H26N2O2. The third-order valence-electron chi connectivity index (χ3n) is 3.39. The first kappa shape index (κ1) is 15.8. The van der Waals surface area contributed by atoms with Gasteiger partial charge in [0, 0.05) is 17.7 Å². The monoisotopic (exact) mass is 266 g/mol. The molecule has 4 heteroatoms. The fourth-order valence-corrected chi connectivity index (χ4v) is 2.38. The van der Waals surface area contributed by atoms with E-state index in [1.54, 1.807) is 14.2 Å². The summed E-state index contributed by atoms with van der Waals surface area (Å²) in [5.74, 6) is 1.73. The summed E-state index contributed by atoms with van der Waals surface area (Å²) in [5, 5.41) is 6.56. The van der Waals surface area contributed by atoms with Crippen LogP contribution in [0.15, 0.2) is 12.1 Å². The van der Waals surface area contributed by atoms with Crippen LogP contribution >= 0.6 is 0 Å². The van der Waals surface area contributed by atoms with Crippen molar-refractivity contribution in [1.29, 1.82) is 0 Å². The van der Waals surface area contributed by atoms with Gasteiger partial charge < -0.3 is 20.1 Å². The topological polar surface area (TPSA) is 42.5 Å². The SMILES string of the molecule is CNCCCC(NC)c1c(C)cc(OC)cc1OC. The van der Waals surface area contributed by atoms with Gasteiger partial charge in [0.1, 0.15) is 11.5 Å². The average Bonchev–Trinajstić information content (AvgIpc) is 2.43. The second-order valence-corrected chi connectivity index (χ2v) is 4.65. The number of aryl methyl sites for hydroxylation is 1. The minimum atomic E-state index is 0.300. The molecule has 4 nitrogen and oxygen atoms in total. The van der Waals surface area contributed by atoms with E-state index in [0.29, 0.717) is 6.04 Å². The molecule has 0 radical (unpaired) electrons. The molecule has 1 aromatic rings. The maximum absolute atomic E-state index is 5.52. The van der Waals surface area contributed by atoms with Crippen LogP contribution < -0.4 is 20.1 Å². The summed E-state index contributed by atoms with van der Waals surface area (Å²) < 4.78 is 10.8. The van der Waals surface area contributed by atoms with E-state index in [9.17, 15) is 0 Å². The van der Waals surface area contributed by atoms with E-state index in [1.807, 2.05) is 20.2 Å². The summed E-state index contributed by atoms with van der Waals surface area (Å²) in [7, 11) is 7.36. The van der Waals surface area contributed by atoms with Crippen LogP contribution in [0.2, 0.25) is 0 Å². The zero-order valence-electron chi connectivity index (χ0n) is 12.7. The third kappa shape index (κ3) is 4.11. The van der Waals surface area contributed by atoms with E-state index >= 15 is 0 Å². The van der Waals surface area contributed by atoms with Gasteiger partial charge in [0.25, 0.3) is 0 Å². The molecule has 0 saturated carbocycles. The van der Waals surface area contributed by atoms with E-state index in [-0.39, 0.29) is 0 Å². The van der Waals surface area contributed by atoms with Crippen molar-refractivity contribution in [2.75, 3.05) is 34.9 Å². The minimum absolute atomic E-state index is 0.300. The third-order valence-corrected chi connectivity index (χ3v) is 3.39. The zero-order chi connectivity index (χ0) is 14.3. The van der Waals surface area contributed by atoms with Gasteiger partial charge in [-0.3, -0.25) is 0 Å². The van der Waals surface area contributed by atoms with Crippen LogP contribution in [-0.2, 0) is 0 Å². The van der Waals surface area contributed by atoms with Crippen LogP contribution in [0.3, 0.4) is 0 Å². The summed E-state index contributed by atoms with van der Waals surface area (Å²) in [6.45, 7) is 3.12. The van der Waals surface area contributed by atoms with E-state index in [1.165, 1.54) is 11.1 Å². The van der Waals surface area contributed by atoms with Gasteiger partial charge in [-0.05, 0) is 52.0 Å². The molecule has 1 rings (SSSR count). The van der Waals surface area contributed by atoms with E-state index in [0.717, 1.165) is 30.9 Å². The number of benzene rings is 1. The summed E-state index contributed by atoms with van der Waals surface area (Å²) in [4.78, 5) is 0. The largest absolute Gasteiger partial charge is 0.497 e. The molecule has 0 aromatic heterocycles. The van der Waals surface area contributed by atoms with Crippen LogP contribution in [0, 0.1) is 6.92 Å². The summed E-state index contributed by atoms with van der Waals surface area (Å²) in [6.07, 6.45) is 2.19. The molecule has 1 aromatic carbocycles. The zero-order valence-corrected chi connectivity index (χ0v) is 12.7. The Kier molecular flexibility index (Phi) is 6.67. The van der Waals surface area contributed by atoms with E-state index < -0.39 is 0 Å². The number of ether oxygens (including phenoxy) is 2. The lowest BCUT2D eigenvalue weighted by Gasteiger charge is -2.22. The molecule has 0 heterocycles. The molecule has 1 unspecified atom stereocenters. The van der Waals surface area contributed by atoms with Crippen LogP contribution in [-0.4, -0.2) is 34.9 Å². The van der Waals surface area contributed by atoms with Crippen LogP contribution in [0.5, 0.6) is 11.5 Å². The number of nitrogens with one attached hydrogen (secondary N) is 2. The van der Waals surface area contributed by atoms with Crippen molar-refractivity contribution in [3.63, 3.8) is 0 Å². The average molecular weight is 266 g/mol. The lowest BCUT2D eigenvalue weighted by atomic mass is 9.96. The molecular weight excluding hydrogens is 240 g/mol. The lowest BCUT2D eigenvalue weighted by Crippen LogP contribution is -2.20. The fraction of sp³-hybridized carbons (Fsp3) is 0.600. The van der Waals surface area contributed by atoms with Crippen LogP contribution in [0.1, 0.15) is 30.0 Å². The van der Waals surface area contributed by atoms with Gasteiger partial charge in [0.2, 0.25) is 0 Å². The van der Waals surface area contributed by atoms with E-state index in [4.69, 9.17) is 9.47 Å². The van der Waals surface area contributed by atoms with Crippen molar-refractivity contribution in [2.24, 2.45) is 0 Å². The first-order valence-electron chi connectivity index (χ1n) is 6.72. The number of rotatable bonds is 8. The van der Waals surface area contributed by atoms with Crippen molar-refractivity contribution in [3.05, 3.63) is 23.3 Å². The Morgan fingerprint density at radius 3 is 2.42 bits per heavy atom. The number of hydrogen-bond acceptors (Lipinski definition) is 4. The van der Waals surface area contributed by atoms with Gasteiger partial charge in [-0.25, -0.2) is 0 Å². The molecule has 19 heavy (non-hydrogen) atoms. The normalized spacial score (nSPS) is 12.3. The minimum Gasteiger partial charge on any atom is -0.497 e. The molecule has 0 amide bonds. The van der Waals surface area contributed by atoms with Gasteiger partial charge in [0.15, 0.2) is 0 Å².